The molecule has 0 saturated carbocycles. The number of hydrogen-bond donors (Lipinski definition) is 1. The van der Waals surface area contributed by atoms with Crippen LogP contribution < -0.4 is 10.2 Å². The summed E-state index contributed by atoms with van der Waals surface area (Å²) in [6, 6.07) is 12.9. The molecule has 1 amide bonds. The third kappa shape index (κ3) is 5.05. The smallest absolute Gasteiger partial charge is 0.380 e. The quantitative estimate of drug-likeness (QED) is 0.140. The molecule has 0 fully saturated rings. The summed E-state index contributed by atoms with van der Waals surface area (Å²) < 4.78 is 12.4. The molecule has 2 heterocycles. The molecule has 192 valence electrons. The van der Waals surface area contributed by atoms with Gasteiger partial charge in [0.1, 0.15) is 11.3 Å². The second-order valence-electron chi connectivity index (χ2n) is 8.74. The van der Waals surface area contributed by atoms with Crippen LogP contribution in [0.1, 0.15) is 45.8 Å². The standard InChI is InChI=1S/C27H21BrN4O6/c1-15-24-20(30-31-23(33)14-16-7-9-17(10-8-16)32(35)36)5-2-6-21(24)37-26(15)27(34)38-22-12-11-19(28)18-4-3-13-29-25(18)22/h3-4,7-13H,2,5-6,14H2,1H3,(H,31,33)/b30-20+. The Bertz CT molecular complexity index is 1610. The number of nitrogens with zero attached hydrogens (tertiary/aromatic N) is 3. The lowest BCUT2D eigenvalue weighted by atomic mass is 9.93. The van der Waals surface area contributed by atoms with Gasteiger partial charge in [0.25, 0.3) is 5.69 Å². The van der Waals surface area contributed by atoms with Crippen molar-refractivity contribution >= 4 is 50.1 Å². The molecule has 11 heteroatoms. The number of benzene rings is 2. The summed E-state index contributed by atoms with van der Waals surface area (Å²) in [4.78, 5) is 40.2. The van der Waals surface area contributed by atoms with Gasteiger partial charge in [-0.05, 0) is 43.5 Å². The first-order chi connectivity index (χ1) is 18.3. The molecule has 0 spiro atoms. The molecule has 5 rings (SSSR count). The number of nitrogens with one attached hydrogen (secondary N) is 1. The number of nitro groups is 1. The topological polar surface area (TPSA) is 137 Å². The van der Waals surface area contributed by atoms with E-state index in [2.05, 4.69) is 31.4 Å². The van der Waals surface area contributed by atoms with Gasteiger partial charge in [0.05, 0.1) is 17.1 Å². The van der Waals surface area contributed by atoms with Crippen LogP contribution in [0.25, 0.3) is 10.9 Å². The largest absolute Gasteiger partial charge is 0.453 e. The molecule has 0 bridgehead atoms. The van der Waals surface area contributed by atoms with E-state index in [9.17, 15) is 19.7 Å². The fourth-order valence-electron chi connectivity index (χ4n) is 4.41. The van der Waals surface area contributed by atoms with E-state index in [1.165, 1.54) is 24.3 Å². The predicted molar refractivity (Wildman–Crippen MR) is 142 cm³/mol. The zero-order valence-electron chi connectivity index (χ0n) is 20.2. The van der Waals surface area contributed by atoms with Gasteiger partial charge in [-0.25, -0.2) is 10.2 Å². The van der Waals surface area contributed by atoms with E-state index in [4.69, 9.17) is 9.15 Å². The lowest BCUT2D eigenvalue weighted by molar-refractivity contribution is -0.384. The van der Waals surface area contributed by atoms with Crippen LogP contribution in [0, 0.1) is 17.0 Å². The third-order valence-corrected chi connectivity index (χ3v) is 6.91. The molecule has 2 aromatic heterocycles. The lowest BCUT2D eigenvalue weighted by Gasteiger charge is -2.13. The van der Waals surface area contributed by atoms with Crippen LogP contribution in [-0.2, 0) is 17.6 Å². The molecule has 4 aromatic rings. The first-order valence-electron chi connectivity index (χ1n) is 11.8. The Morgan fingerprint density at radius 1 is 1.18 bits per heavy atom. The summed E-state index contributed by atoms with van der Waals surface area (Å²) in [5, 5.41) is 15.9. The van der Waals surface area contributed by atoms with Gasteiger partial charge in [-0.3, -0.25) is 19.9 Å². The maximum absolute atomic E-state index is 13.1. The maximum Gasteiger partial charge on any atom is 0.380 e. The van der Waals surface area contributed by atoms with Crippen molar-refractivity contribution in [1.29, 1.82) is 0 Å². The van der Waals surface area contributed by atoms with Crippen molar-refractivity contribution in [3.8, 4) is 5.75 Å². The van der Waals surface area contributed by atoms with Gasteiger partial charge >= 0.3 is 5.97 Å². The summed E-state index contributed by atoms with van der Waals surface area (Å²) in [7, 11) is 0. The minimum atomic E-state index is -0.646. The number of ether oxygens (including phenoxy) is 1. The molecule has 1 aliphatic carbocycles. The number of amides is 1. The number of halogens is 1. The summed E-state index contributed by atoms with van der Waals surface area (Å²) in [5.41, 5.74) is 5.57. The van der Waals surface area contributed by atoms with Crippen molar-refractivity contribution in [3.05, 3.63) is 97.5 Å². The van der Waals surface area contributed by atoms with Crippen LogP contribution >= 0.6 is 15.9 Å². The summed E-state index contributed by atoms with van der Waals surface area (Å²) in [5.74, 6) is -0.00626. The first-order valence-corrected chi connectivity index (χ1v) is 12.6. The number of nitro benzene ring substituents is 1. The number of aromatic nitrogens is 1. The Morgan fingerprint density at radius 2 is 1.97 bits per heavy atom. The predicted octanol–water partition coefficient (Wildman–Crippen LogP) is 5.43. The van der Waals surface area contributed by atoms with Crippen molar-refractivity contribution in [2.45, 2.75) is 32.6 Å². The van der Waals surface area contributed by atoms with E-state index in [0.717, 1.165) is 16.3 Å². The number of hydrogen-bond acceptors (Lipinski definition) is 8. The number of aryl methyl sites for hydroxylation is 1. The number of fused-ring (bicyclic) bond motifs is 2. The molecule has 2 aromatic carbocycles. The minimum absolute atomic E-state index is 0.0127. The number of pyridine rings is 1. The monoisotopic (exact) mass is 576 g/mol. The van der Waals surface area contributed by atoms with Crippen LogP contribution in [0.5, 0.6) is 5.75 Å². The van der Waals surface area contributed by atoms with Crippen LogP contribution in [-0.4, -0.2) is 27.5 Å². The normalized spacial score (nSPS) is 13.8. The van der Waals surface area contributed by atoms with Crippen LogP contribution in [0.15, 0.2) is 68.7 Å². The fourth-order valence-corrected chi connectivity index (χ4v) is 4.86. The van der Waals surface area contributed by atoms with Crippen molar-refractivity contribution < 1.29 is 23.7 Å². The molecule has 1 aliphatic rings. The van der Waals surface area contributed by atoms with Crippen LogP contribution in [0.2, 0.25) is 0 Å². The van der Waals surface area contributed by atoms with Gasteiger partial charge in [0, 0.05) is 45.7 Å². The van der Waals surface area contributed by atoms with Gasteiger partial charge in [-0.1, -0.05) is 34.1 Å². The molecule has 0 unspecified atom stereocenters. The Balaban J connectivity index is 1.33. The molecule has 38 heavy (non-hydrogen) atoms. The van der Waals surface area contributed by atoms with Crippen molar-refractivity contribution in [2.24, 2.45) is 5.10 Å². The molecular formula is C27H21BrN4O6. The van der Waals surface area contributed by atoms with E-state index >= 15 is 0 Å². The lowest BCUT2D eigenvalue weighted by Crippen LogP contribution is -2.23. The summed E-state index contributed by atoms with van der Waals surface area (Å²) >= 11 is 3.48. The Hall–Kier alpha value is -4.38. The highest BCUT2D eigenvalue weighted by Crippen LogP contribution is 2.33. The molecule has 10 nitrogen and oxygen atoms in total. The zero-order chi connectivity index (χ0) is 26.8. The number of non-ortho nitro benzene ring substituents is 1. The summed E-state index contributed by atoms with van der Waals surface area (Å²) in [6.07, 6.45) is 3.61. The average Bonchev–Trinajstić information content (AvgIpc) is 3.26. The SMILES string of the molecule is Cc1c(C(=O)Oc2ccc(Br)c3cccnc23)oc2c1/C(=N/NC(=O)Cc1ccc([N+](=O)[O-])cc1)CCC2. The molecule has 0 saturated heterocycles. The van der Waals surface area contributed by atoms with E-state index < -0.39 is 10.9 Å². The second kappa shape index (κ2) is 10.5. The maximum atomic E-state index is 13.1. The molecule has 0 atom stereocenters. The molecular weight excluding hydrogens is 556 g/mol. The Morgan fingerprint density at radius 3 is 2.74 bits per heavy atom. The third-order valence-electron chi connectivity index (χ3n) is 6.22. The number of carbonyl (C=O) groups is 2. The first kappa shape index (κ1) is 25.3. The van der Waals surface area contributed by atoms with Gasteiger partial charge in [0.15, 0.2) is 5.75 Å². The van der Waals surface area contributed by atoms with Crippen molar-refractivity contribution in [3.63, 3.8) is 0 Å². The van der Waals surface area contributed by atoms with Gasteiger partial charge in [0.2, 0.25) is 11.7 Å². The summed E-state index contributed by atoms with van der Waals surface area (Å²) in [6.45, 7) is 1.76. The van der Waals surface area contributed by atoms with Crippen molar-refractivity contribution in [2.75, 3.05) is 0 Å². The fraction of sp³-hybridized carbons (Fsp3) is 0.185. The molecule has 0 aliphatic heterocycles. The minimum Gasteiger partial charge on any atom is -0.453 e. The number of esters is 1. The van der Waals surface area contributed by atoms with Gasteiger partial charge < -0.3 is 9.15 Å². The van der Waals surface area contributed by atoms with E-state index in [1.807, 2.05) is 6.07 Å². The van der Waals surface area contributed by atoms with Crippen molar-refractivity contribution in [1.82, 2.24) is 10.4 Å². The number of furan rings is 1. The average molecular weight is 577 g/mol. The van der Waals surface area contributed by atoms with Gasteiger partial charge in [-0.15, -0.1) is 0 Å². The number of carbonyl (C=O) groups excluding carboxylic acids is 2. The molecule has 1 N–H and O–H groups in total. The highest BCUT2D eigenvalue weighted by molar-refractivity contribution is 9.10. The zero-order valence-corrected chi connectivity index (χ0v) is 21.8. The number of rotatable bonds is 6. The Labute approximate surface area is 225 Å². The van der Waals surface area contributed by atoms with Gasteiger partial charge in [-0.2, -0.15) is 5.10 Å². The van der Waals surface area contributed by atoms with E-state index in [0.29, 0.717) is 52.3 Å². The highest BCUT2D eigenvalue weighted by Gasteiger charge is 2.29. The van der Waals surface area contributed by atoms with Crippen LogP contribution in [0.3, 0.4) is 0 Å². The Kier molecular flexibility index (Phi) is 7.01. The van der Waals surface area contributed by atoms with E-state index in [-0.39, 0.29) is 23.8 Å². The highest BCUT2D eigenvalue weighted by atomic mass is 79.9. The van der Waals surface area contributed by atoms with E-state index in [1.54, 1.807) is 31.3 Å². The molecule has 0 radical (unpaired) electrons. The number of hydrazone groups is 1. The van der Waals surface area contributed by atoms with Crippen LogP contribution in [0.4, 0.5) is 5.69 Å². The second-order valence-corrected chi connectivity index (χ2v) is 9.59.